The Labute approximate surface area is 119 Å². The molecule has 1 aromatic heterocycles. The zero-order valence-corrected chi connectivity index (χ0v) is 12.0. The number of hydrogen-bond acceptors (Lipinski definition) is 4. The number of hydrogen-bond donors (Lipinski definition) is 0. The summed E-state index contributed by atoms with van der Waals surface area (Å²) in [6.07, 6.45) is 1.12. The molecule has 0 aliphatic carbocycles. The lowest BCUT2D eigenvalue weighted by atomic mass is 10.0. The molecule has 0 spiro atoms. The van der Waals surface area contributed by atoms with Gasteiger partial charge in [-0.15, -0.1) is 0 Å². The summed E-state index contributed by atoms with van der Waals surface area (Å²) in [6, 6.07) is 10.0. The number of aromatic nitrogens is 2. The molecule has 4 heteroatoms. The van der Waals surface area contributed by atoms with Gasteiger partial charge in [0.05, 0.1) is 25.3 Å². The zero-order valence-electron chi connectivity index (χ0n) is 12.0. The van der Waals surface area contributed by atoms with Crippen LogP contribution in [-0.4, -0.2) is 17.1 Å². The lowest BCUT2D eigenvalue weighted by Crippen LogP contribution is -1.99. The highest BCUT2D eigenvalue weighted by molar-refractivity contribution is 5.62. The Balaban J connectivity index is 2.48. The largest absolute Gasteiger partial charge is 0.496 e. The first-order valence-corrected chi connectivity index (χ1v) is 6.56. The number of nitrogens with zero attached hydrogens (tertiary/aromatic N) is 3. The van der Waals surface area contributed by atoms with Crippen molar-refractivity contribution < 1.29 is 4.74 Å². The first-order valence-electron chi connectivity index (χ1n) is 6.56. The average Bonchev–Trinajstić information content (AvgIpc) is 2.46. The van der Waals surface area contributed by atoms with E-state index in [9.17, 15) is 0 Å². The third-order valence-corrected chi connectivity index (χ3v) is 3.09. The lowest BCUT2D eigenvalue weighted by Gasteiger charge is -2.10. The molecule has 102 valence electrons. The summed E-state index contributed by atoms with van der Waals surface area (Å²) in [5.41, 5.74) is 3.88. The molecular formula is C16H17N3O. The van der Waals surface area contributed by atoms with Crippen molar-refractivity contribution in [3.8, 4) is 23.1 Å². The molecule has 0 radical (unpaired) electrons. The van der Waals surface area contributed by atoms with Crippen molar-refractivity contribution in [3.63, 3.8) is 0 Å². The van der Waals surface area contributed by atoms with Gasteiger partial charge in [0.15, 0.2) is 0 Å². The second kappa shape index (κ2) is 6.16. The Morgan fingerprint density at radius 3 is 2.70 bits per heavy atom. The van der Waals surface area contributed by atoms with E-state index in [1.807, 2.05) is 25.1 Å². The van der Waals surface area contributed by atoms with Crippen LogP contribution in [0.2, 0.25) is 0 Å². The molecule has 0 atom stereocenters. The molecule has 1 heterocycles. The van der Waals surface area contributed by atoms with E-state index in [0.29, 0.717) is 5.82 Å². The van der Waals surface area contributed by atoms with E-state index < -0.39 is 0 Å². The molecule has 0 aliphatic rings. The summed E-state index contributed by atoms with van der Waals surface area (Å²) in [6.45, 7) is 4.00. The highest BCUT2D eigenvalue weighted by Crippen LogP contribution is 2.26. The molecule has 0 fully saturated rings. The van der Waals surface area contributed by atoms with Crippen LogP contribution in [0, 0.1) is 18.3 Å². The number of nitriles is 1. The maximum Gasteiger partial charge on any atom is 0.143 e. The van der Waals surface area contributed by atoms with Gasteiger partial charge >= 0.3 is 0 Å². The fourth-order valence-corrected chi connectivity index (χ4v) is 2.14. The number of rotatable bonds is 4. The van der Waals surface area contributed by atoms with Gasteiger partial charge in [-0.3, -0.25) is 0 Å². The van der Waals surface area contributed by atoms with Gasteiger partial charge in [0.25, 0.3) is 0 Å². The summed E-state index contributed by atoms with van der Waals surface area (Å²) >= 11 is 0. The predicted molar refractivity (Wildman–Crippen MR) is 77.5 cm³/mol. The Hall–Kier alpha value is -2.41. The third kappa shape index (κ3) is 2.94. The smallest absolute Gasteiger partial charge is 0.143 e. The van der Waals surface area contributed by atoms with Gasteiger partial charge in [0, 0.05) is 11.3 Å². The second-order valence-corrected chi connectivity index (χ2v) is 4.53. The van der Waals surface area contributed by atoms with Crippen LogP contribution < -0.4 is 4.74 Å². The van der Waals surface area contributed by atoms with E-state index >= 15 is 0 Å². The predicted octanol–water partition coefficient (Wildman–Crippen LogP) is 3.09. The Kier molecular flexibility index (Phi) is 4.31. The van der Waals surface area contributed by atoms with Gasteiger partial charge in [0.1, 0.15) is 11.6 Å². The highest BCUT2D eigenvalue weighted by atomic mass is 16.5. The van der Waals surface area contributed by atoms with Crippen molar-refractivity contribution in [2.45, 2.75) is 26.7 Å². The molecule has 2 rings (SSSR count). The van der Waals surface area contributed by atoms with Crippen LogP contribution in [0.1, 0.15) is 24.0 Å². The number of benzene rings is 1. The van der Waals surface area contributed by atoms with Crippen molar-refractivity contribution in [2.24, 2.45) is 0 Å². The van der Waals surface area contributed by atoms with Crippen molar-refractivity contribution >= 4 is 0 Å². The number of aryl methyl sites for hydroxylation is 2. The Morgan fingerprint density at radius 2 is 2.05 bits per heavy atom. The molecule has 2 aromatic rings. The first-order chi connectivity index (χ1) is 9.67. The SMILES string of the molecule is CCc1cc(-c2cc(C)nc(CC#N)n2)ccc1OC. The molecule has 0 unspecified atom stereocenters. The van der Waals surface area contributed by atoms with Gasteiger partial charge in [-0.1, -0.05) is 6.92 Å². The molecule has 0 amide bonds. The number of ether oxygens (including phenoxy) is 1. The molecule has 20 heavy (non-hydrogen) atoms. The topological polar surface area (TPSA) is 58.8 Å². The van der Waals surface area contributed by atoms with Gasteiger partial charge in [-0.2, -0.15) is 5.26 Å². The molecular weight excluding hydrogens is 250 g/mol. The minimum absolute atomic E-state index is 0.228. The number of methoxy groups -OCH3 is 1. The van der Waals surface area contributed by atoms with Crippen LogP contribution in [0.5, 0.6) is 5.75 Å². The Morgan fingerprint density at radius 1 is 1.25 bits per heavy atom. The van der Waals surface area contributed by atoms with Crippen LogP contribution in [0.4, 0.5) is 0 Å². The van der Waals surface area contributed by atoms with Crippen LogP contribution >= 0.6 is 0 Å². The maximum atomic E-state index is 8.78. The van der Waals surface area contributed by atoms with Crippen LogP contribution in [0.15, 0.2) is 24.3 Å². The quantitative estimate of drug-likeness (QED) is 0.854. The normalized spacial score (nSPS) is 10.1. The van der Waals surface area contributed by atoms with Gasteiger partial charge < -0.3 is 4.74 Å². The van der Waals surface area contributed by atoms with Crippen molar-refractivity contribution in [1.29, 1.82) is 5.26 Å². The van der Waals surface area contributed by atoms with E-state index in [2.05, 4.69) is 29.0 Å². The van der Waals surface area contributed by atoms with Crippen molar-refractivity contribution in [2.75, 3.05) is 7.11 Å². The summed E-state index contributed by atoms with van der Waals surface area (Å²) in [7, 11) is 1.67. The van der Waals surface area contributed by atoms with E-state index in [1.54, 1.807) is 7.11 Å². The van der Waals surface area contributed by atoms with Crippen molar-refractivity contribution in [3.05, 3.63) is 41.3 Å². The molecule has 0 aliphatic heterocycles. The highest BCUT2D eigenvalue weighted by Gasteiger charge is 2.08. The van der Waals surface area contributed by atoms with Crippen LogP contribution in [-0.2, 0) is 12.8 Å². The second-order valence-electron chi connectivity index (χ2n) is 4.53. The Bertz CT molecular complexity index is 659. The zero-order chi connectivity index (χ0) is 14.5. The molecule has 0 saturated carbocycles. The van der Waals surface area contributed by atoms with Gasteiger partial charge in [-0.05, 0) is 43.2 Å². The summed E-state index contributed by atoms with van der Waals surface area (Å²) < 4.78 is 5.34. The maximum absolute atomic E-state index is 8.78. The molecule has 0 saturated heterocycles. The average molecular weight is 267 g/mol. The van der Waals surface area contributed by atoms with Gasteiger partial charge in [-0.25, -0.2) is 9.97 Å². The van der Waals surface area contributed by atoms with Crippen molar-refractivity contribution in [1.82, 2.24) is 9.97 Å². The minimum Gasteiger partial charge on any atom is -0.496 e. The van der Waals surface area contributed by atoms with E-state index in [0.717, 1.165) is 34.7 Å². The monoisotopic (exact) mass is 267 g/mol. The summed E-state index contributed by atoms with van der Waals surface area (Å²) in [5.74, 6) is 1.45. The fraction of sp³-hybridized carbons (Fsp3) is 0.312. The van der Waals surface area contributed by atoms with E-state index in [4.69, 9.17) is 10.00 Å². The van der Waals surface area contributed by atoms with E-state index in [-0.39, 0.29) is 6.42 Å². The fourth-order valence-electron chi connectivity index (χ4n) is 2.14. The summed E-state index contributed by atoms with van der Waals surface area (Å²) in [4.78, 5) is 8.72. The lowest BCUT2D eigenvalue weighted by molar-refractivity contribution is 0.410. The molecule has 0 N–H and O–H groups in total. The molecule has 4 nitrogen and oxygen atoms in total. The van der Waals surface area contributed by atoms with E-state index in [1.165, 1.54) is 0 Å². The summed E-state index contributed by atoms with van der Waals surface area (Å²) in [5, 5.41) is 8.78. The van der Waals surface area contributed by atoms with Crippen LogP contribution in [0.3, 0.4) is 0 Å². The minimum atomic E-state index is 0.228. The molecule has 0 bridgehead atoms. The van der Waals surface area contributed by atoms with Gasteiger partial charge in [0.2, 0.25) is 0 Å². The van der Waals surface area contributed by atoms with Crippen LogP contribution in [0.25, 0.3) is 11.3 Å². The first kappa shape index (κ1) is 14.0. The molecule has 1 aromatic carbocycles. The third-order valence-electron chi connectivity index (χ3n) is 3.09. The standard InChI is InChI=1S/C16H17N3O/c1-4-12-10-13(5-6-15(12)20-3)14-9-11(2)18-16(19-14)7-8-17/h5-6,9-10H,4,7H2,1-3H3.